The molecule has 0 aliphatic heterocycles. The highest BCUT2D eigenvalue weighted by Gasteiger charge is 2.20. The Labute approximate surface area is 416 Å². The van der Waals surface area contributed by atoms with Gasteiger partial charge in [0.1, 0.15) is 38.6 Å². The smallest absolute Gasteiger partial charge is 0.456 e. The second-order valence-corrected chi connectivity index (χ2v) is 12.6. The van der Waals surface area contributed by atoms with Gasteiger partial charge in [0, 0.05) is 41.5 Å². The average Bonchev–Trinajstić information content (AvgIpc) is 3.33. The van der Waals surface area contributed by atoms with Crippen LogP contribution in [0.3, 0.4) is 0 Å². The van der Waals surface area contributed by atoms with Crippen LogP contribution in [0.4, 0.5) is 24.0 Å². The SMILES string of the molecule is CC.CC.CCC(=O)OC(COC)COC(=O)OCC(C)=O.CCOC(=O)OC(COC)COC(=O)OCC(C)=O.CCOC(COC)COC(=O)OCC(C)=O.COCC(O)COC(=O)OCC(C)=O. The summed E-state index contributed by atoms with van der Waals surface area (Å²) in [4.78, 5) is 108. The second-order valence-electron chi connectivity index (χ2n) is 12.6. The van der Waals surface area contributed by atoms with Gasteiger partial charge in [-0.2, -0.15) is 0 Å². The number of esters is 1. The van der Waals surface area contributed by atoms with E-state index >= 15 is 0 Å². The summed E-state index contributed by atoms with van der Waals surface area (Å²) in [5.41, 5.74) is 0. The number of aliphatic hydroxyl groups is 1. The van der Waals surface area contributed by atoms with E-state index in [9.17, 15) is 47.9 Å². The standard InChI is InChI=1S/C11H18O8.C11H18O7.C10H18O6.C8H14O6.2C2H6/c1-4-16-11(14)19-9(6-15-3)7-18-10(13)17-5-8(2)12;1-4-10(13)18-9(6-15-3)7-17-11(14)16-5-8(2)12;1-4-14-9(6-13-3)7-16-10(12)15-5-8(2)11;1-6(9)3-13-8(11)14-5-7(10)4-12-2;2*1-2/h9H,4-7H2,1-3H3;9H,4-7H2,1-3H3;9H,4-7H2,1-3H3;7,10H,3-5H2,1-2H3;2*1-2H3. The average molecular weight is 1040 g/mol. The summed E-state index contributed by atoms with van der Waals surface area (Å²) in [6.07, 6.45) is -7.24. The van der Waals surface area contributed by atoms with Crippen molar-refractivity contribution in [1.29, 1.82) is 0 Å². The van der Waals surface area contributed by atoms with Crippen LogP contribution in [0.5, 0.6) is 0 Å². The Balaban J connectivity index is -0.000000194. The quantitative estimate of drug-likeness (QED) is 0.0778. The lowest BCUT2D eigenvalue weighted by molar-refractivity contribution is -0.154. The summed E-state index contributed by atoms with van der Waals surface area (Å²) in [6.45, 7) is 17.5. The van der Waals surface area contributed by atoms with Crippen LogP contribution in [0.15, 0.2) is 0 Å². The molecule has 0 aliphatic carbocycles. The van der Waals surface area contributed by atoms with Crippen LogP contribution >= 0.6 is 0 Å². The summed E-state index contributed by atoms with van der Waals surface area (Å²) >= 11 is 0. The molecule has 27 nitrogen and oxygen atoms in total. The Morgan fingerprint density at radius 1 is 0.366 bits per heavy atom. The van der Waals surface area contributed by atoms with Crippen LogP contribution in [0.1, 0.15) is 82.6 Å². The predicted octanol–water partition coefficient (Wildman–Crippen LogP) is 4.18. The molecule has 0 radical (unpaired) electrons. The Hall–Kier alpha value is -5.74. The molecule has 0 rings (SSSR count). The zero-order chi connectivity index (χ0) is 56.0. The summed E-state index contributed by atoms with van der Waals surface area (Å²) in [6, 6.07) is 0. The van der Waals surface area contributed by atoms with Crippen molar-refractivity contribution in [1.82, 2.24) is 0 Å². The largest absolute Gasteiger partial charge is 0.508 e. The van der Waals surface area contributed by atoms with Crippen molar-refractivity contribution in [3.8, 4) is 0 Å². The van der Waals surface area contributed by atoms with Crippen molar-refractivity contribution in [2.75, 3.05) is 121 Å². The molecule has 1 N–H and O–H groups in total. The van der Waals surface area contributed by atoms with Crippen molar-refractivity contribution in [3.05, 3.63) is 0 Å². The van der Waals surface area contributed by atoms with E-state index in [1.165, 1.54) is 56.1 Å². The first kappa shape index (κ1) is 76.7. The number of carbonyl (C=O) groups is 10. The fourth-order valence-corrected chi connectivity index (χ4v) is 3.42. The normalized spacial score (nSPS) is 11.2. The van der Waals surface area contributed by atoms with Crippen LogP contribution in [0, 0.1) is 0 Å². The van der Waals surface area contributed by atoms with Gasteiger partial charge in [-0.25, -0.2) is 24.0 Å². The molecule has 0 bridgehead atoms. The van der Waals surface area contributed by atoms with Crippen molar-refractivity contribution >= 4 is 59.9 Å². The van der Waals surface area contributed by atoms with Gasteiger partial charge in [-0.05, 0) is 41.5 Å². The molecule has 0 aromatic carbocycles. The molecule has 4 atom stereocenters. The van der Waals surface area contributed by atoms with Crippen LogP contribution in [-0.2, 0) is 99.8 Å². The molecule has 418 valence electrons. The molecule has 0 heterocycles. The maximum absolute atomic E-state index is 11.1. The molecule has 0 spiro atoms. The molecular formula is C44H80O27. The molecule has 0 fully saturated rings. The summed E-state index contributed by atoms with van der Waals surface area (Å²) < 4.78 is 75.0. The first-order valence-corrected chi connectivity index (χ1v) is 22.1. The molecular weight excluding hydrogens is 960 g/mol. The van der Waals surface area contributed by atoms with E-state index < -0.39 is 55.1 Å². The Morgan fingerprint density at radius 3 is 0.972 bits per heavy atom. The molecule has 0 aromatic rings. The highest BCUT2D eigenvalue weighted by atomic mass is 16.8. The summed E-state index contributed by atoms with van der Waals surface area (Å²) in [7, 11) is 5.77. The highest BCUT2D eigenvalue weighted by Crippen LogP contribution is 2.02. The van der Waals surface area contributed by atoms with Gasteiger partial charge in [0.15, 0.2) is 61.8 Å². The zero-order valence-electron chi connectivity index (χ0n) is 44.0. The number of methoxy groups -OCH3 is 4. The van der Waals surface area contributed by atoms with E-state index in [0.717, 1.165) is 0 Å². The van der Waals surface area contributed by atoms with Gasteiger partial charge in [-0.3, -0.25) is 24.0 Å². The fourth-order valence-electron chi connectivity index (χ4n) is 3.42. The molecule has 0 aromatic heterocycles. The predicted molar refractivity (Wildman–Crippen MR) is 246 cm³/mol. The molecule has 0 aliphatic rings. The minimum atomic E-state index is -1.02. The van der Waals surface area contributed by atoms with Gasteiger partial charge >= 0.3 is 36.7 Å². The van der Waals surface area contributed by atoms with Gasteiger partial charge in [0.25, 0.3) is 0 Å². The van der Waals surface area contributed by atoms with Gasteiger partial charge in [0.05, 0.1) is 33.0 Å². The molecule has 0 saturated heterocycles. The topological polar surface area (TPSA) is 339 Å². The Kier molecular flexibility index (Phi) is 61.4. The zero-order valence-corrected chi connectivity index (χ0v) is 44.0. The Morgan fingerprint density at radius 2 is 0.676 bits per heavy atom. The number of aliphatic hydroxyl groups excluding tert-OH is 1. The van der Waals surface area contributed by atoms with E-state index in [4.69, 9.17) is 38.3 Å². The van der Waals surface area contributed by atoms with Crippen LogP contribution in [-0.4, -0.2) is 210 Å². The molecule has 0 amide bonds. The number of ether oxygens (including phenoxy) is 16. The monoisotopic (exact) mass is 1040 g/mol. The summed E-state index contributed by atoms with van der Waals surface area (Å²) in [5.74, 6) is -1.54. The van der Waals surface area contributed by atoms with Crippen LogP contribution in [0.25, 0.3) is 0 Å². The number of ketones is 4. The third kappa shape index (κ3) is 64.3. The fraction of sp³-hybridized carbons (Fsp3) is 0.773. The number of hydrogen-bond acceptors (Lipinski definition) is 27. The number of rotatable bonds is 30. The molecule has 4 unspecified atom stereocenters. The first-order chi connectivity index (χ1) is 33.6. The molecule has 71 heavy (non-hydrogen) atoms. The van der Waals surface area contributed by atoms with Crippen LogP contribution in [0.2, 0.25) is 0 Å². The number of Topliss-reactive ketones (excluding diaryl/α,β-unsaturated/α-hetero) is 4. The van der Waals surface area contributed by atoms with Gasteiger partial charge < -0.3 is 80.9 Å². The van der Waals surface area contributed by atoms with Gasteiger partial charge in [-0.1, -0.05) is 34.6 Å². The van der Waals surface area contributed by atoms with E-state index in [0.29, 0.717) is 13.2 Å². The van der Waals surface area contributed by atoms with E-state index in [2.05, 4.69) is 42.6 Å². The molecule has 0 saturated carbocycles. The lowest BCUT2D eigenvalue weighted by Crippen LogP contribution is -2.30. The molecule has 27 heteroatoms. The highest BCUT2D eigenvalue weighted by molar-refractivity contribution is 5.80. The van der Waals surface area contributed by atoms with E-state index in [1.54, 1.807) is 13.8 Å². The maximum Gasteiger partial charge on any atom is 0.508 e. The number of hydrogen-bond donors (Lipinski definition) is 1. The lowest BCUT2D eigenvalue weighted by atomic mass is 10.4. The minimum absolute atomic E-state index is 0.0266. The van der Waals surface area contributed by atoms with Crippen molar-refractivity contribution in [2.24, 2.45) is 0 Å². The third-order valence-electron chi connectivity index (χ3n) is 6.06. The van der Waals surface area contributed by atoms with E-state index in [1.807, 2.05) is 34.6 Å². The van der Waals surface area contributed by atoms with Crippen LogP contribution < -0.4 is 0 Å². The maximum atomic E-state index is 11.1. The Bertz CT molecular complexity index is 1400. The van der Waals surface area contributed by atoms with Crippen molar-refractivity contribution in [3.63, 3.8) is 0 Å². The van der Waals surface area contributed by atoms with Gasteiger partial charge in [-0.15, -0.1) is 0 Å². The minimum Gasteiger partial charge on any atom is -0.456 e. The lowest BCUT2D eigenvalue weighted by Gasteiger charge is -2.16. The third-order valence-corrected chi connectivity index (χ3v) is 6.06. The van der Waals surface area contributed by atoms with E-state index in [-0.39, 0.29) is 115 Å². The van der Waals surface area contributed by atoms with Gasteiger partial charge in [0.2, 0.25) is 0 Å². The second kappa shape index (κ2) is 56.8. The number of carbonyl (C=O) groups excluding carboxylic acids is 10. The summed E-state index contributed by atoms with van der Waals surface area (Å²) in [5, 5.41) is 9.05. The van der Waals surface area contributed by atoms with Crippen molar-refractivity contribution in [2.45, 2.75) is 107 Å². The first-order valence-electron chi connectivity index (χ1n) is 22.1. The van der Waals surface area contributed by atoms with Crippen molar-refractivity contribution < 1.29 is 129 Å².